The molecule has 0 unspecified atom stereocenters. The second-order valence-corrected chi connectivity index (χ2v) is 4.21. The fourth-order valence-corrected chi connectivity index (χ4v) is 1.85. The maximum atomic E-state index is 12.7. The highest BCUT2D eigenvalue weighted by molar-refractivity contribution is 5.85. The van der Waals surface area contributed by atoms with Gasteiger partial charge in [0.2, 0.25) is 0 Å². The maximum Gasteiger partial charge on any atom is 0.123 e. The van der Waals surface area contributed by atoms with E-state index in [0.717, 1.165) is 32.7 Å². The van der Waals surface area contributed by atoms with Crippen molar-refractivity contribution in [1.29, 1.82) is 0 Å². The van der Waals surface area contributed by atoms with Crippen LogP contribution in [0.3, 0.4) is 0 Å². The summed E-state index contributed by atoms with van der Waals surface area (Å²) in [5.74, 6) is -0.155. The Kier molecular flexibility index (Phi) is 7.71. The van der Waals surface area contributed by atoms with Crippen molar-refractivity contribution >= 4 is 24.8 Å². The van der Waals surface area contributed by atoms with Gasteiger partial charge in [0.25, 0.3) is 0 Å². The fraction of sp³-hybridized carbons (Fsp3) is 0.500. The number of benzene rings is 1. The molecule has 1 aromatic carbocycles. The van der Waals surface area contributed by atoms with Crippen molar-refractivity contribution in [1.82, 2.24) is 9.80 Å². The molecule has 0 atom stereocenters. The first-order valence-corrected chi connectivity index (χ1v) is 5.39. The zero-order chi connectivity index (χ0) is 10.7. The minimum atomic E-state index is -0.155. The molecule has 1 saturated heterocycles. The minimum absolute atomic E-state index is 0. The van der Waals surface area contributed by atoms with Gasteiger partial charge in [-0.2, -0.15) is 0 Å². The maximum absolute atomic E-state index is 12.7. The van der Waals surface area contributed by atoms with Crippen LogP contribution in [0.15, 0.2) is 24.3 Å². The van der Waals surface area contributed by atoms with E-state index in [1.165, 1.54) is 17.7 Å². The van der Waals surface area contributed by atoms with E-state index >= 15 is 0 Å². The van der Waals surface area contributed by atoms with Gasteiger partial charge in [0.1, 0.15) is 5.82 Å². The smallest absolute Gasteiger partial charge is 0.123 e. The average molecular weight is 281 g/mol. The molecule has 0 aliphatic carbocycles. The van der Waals surface area contributed by atoms with Crippen molar-refractivity contribution in [2.24, 2.45) is 0 Å². The molecule has 0 saturated carbocycles. The van der Waals surface area contributed by atoms with E-state index in [2.05, 4.69) is 16.8 Å². The van der Waals surface area contributed by atoms with Crippen LogP contribution < -0.4 is 0 Å². The van der Waals surface area contributed by atoms with Gasteiger partial charge in [-0.3, -0.25) is 4.90 Å². The molecule has 17 heavy (non-hydrogen) atoms. The van der Waals surface area contributed by atoms with Gasteiger partial charge in [-0.15, -0.1) is 24.8 Å². The number of likely N-dealkylation sites (N-methyl/N-ethyl adjacent to an activating group) is 1. The number of piperazine rings is 1. The molecule has 0 N–H and O–H groups in total. The summed E-state index contributed by atoms with van der Waals surface area (Å²) >= 11 is 0. The van der Waals surface area contributed by atoms with Crippen LogP contribution in [0.5, 0.6) is 0 Å². The summed E-state index contributed by atoms with van der Waals surface area (Å²) in [6.07, 6.45) is 0. The van der Waals surface area contributed by atoms with Crippen LogP contribution in [0.1, 0.15) is 5.56 Å². The standard InChI is InChI=1S/C12H17FN2.2ClH/c1-14-6-8-15(9-7-14)10-11-2-4-12(13)5-3-11;;/h2-5H,6-10H2,1H3;2*1H. The summed E-state index contributed by atoms with van der Waals surface area (Å²) in [7, 11) is 2.15. The van der Waals surface area contributed by atoms with E-state index in [-0.39, 0.29) is 30.6 Å². The van der Waals surface area contributed by atoms with Gasteiger partial charge < -0.3 is 4.90 Å². The summed E-state index contributed by atoms with van der Waals surface area (Å²) in [5, 5.41) is 0. The lowest BCUT2D eigenvalue weighted by Gasteiger charge is -2.32. The number of rotatable bonds is 2. The van der Waals surface area contributed by atoms with E-state index < -0.39 is 0 Å². The van der Waals surface area contributed by atoms with E-state index in [9.17, 15) is 4.39 Å². The van der Waals surface area contributed by atoms with Crippen molar-refractivity contribution in [2.45, 2.75) is 6.54 Å². The van der Waals surface area contributed by atoms with Gasteiger partial charge in [0, 0.05) is 32.7 Å². The second-order valence-electron chi connectivity index (χ2n) is 4.21. The van der Waals surface area contributed by atoms with Crippen LogP contribution >= 0.6 is 24.8 Å². The quantitative estimate of drug-likeness (QED) is 0.821. The molecule has 2 rings (SSSR count). The largest absolute Gasteiger partial charge is 0.304 e. The monoisotopic (exact) mass is 280 g/mol. The number of hydrogen-bond donors (Lipinski definition) is 0. The van der Waals surface area contributed by atoms with Gasteiger partial charge in [-0.25, -0.2) is 4.39 Å². The van der Waals surface area contributed by atoms with Gasteiger partial charge in [-0.05, 0) is 24.7 Å². The van der Waals surface area contributed by atoms with Crippen molar-refractivity contribution in [3.05, 3.63) is 35.6 Å². The molecule has 1 aliphatic rings. The van der Waals surface area contributed by atoms with E-state index in [0.29, 0.717) is 0 Å². The highest BCUT2D eigenvalue weighted by atomic mass is 35.5. The number of halogens is 3. The highest BCUT2D eigenvalue weighted by Gasteiger charge is 2.13. The average Bonchev–Trinajstić information content (AvgIpc) is 2.25. The summed E-state index contributed by atoms with van der Waals surface area (Å²) in [4.78, 5) is 4.74. The van der Waals surface area contributed by atoms with Gasteiger partial charge in [-0.1, -0.05) is 12.1 Å². The molecule has 0 bridgehead atoms. The van der Waals surface area contributed by atoms with Gasteiger partial charge >= 0.3 is 0 Å². The highest BCUT2D eigenvalue weighted by Crippen LogP contribution is 2.08. The Morgan fingerprint density at radius 2 is 1.53 bits per heavy atom. The summed E-state index contributed by atoms with van der Waals surface area (Å²) in [6, 6.07) is 6.80. The lowest BCUT2D eigenvalue weighted by molar-refractivity contribution is 0.148. The zero-order valence-corrected chi connectivity index (χ0v) is 11.6. The van der Waals surface area contributed by atoms with Crippen LogP contribution in [0.2, 0.25) is 0 Å². The Morgan fingerprint density at radius 1 is 1.00 bits per heavy atom. The van der Waals surface area contributed by atoms with Crippen LogP contribution in [0, 0.1) is 5.82 Å². The van der Waals surface area contributed by atoms with Gasteiger partial charge in [0.05, 0.1) is 0 Å². The SMILES string of the molecule is CN1CCN(Cc2ccc(F)cc2)CC1.Cl.Cl. The Morgan fingerprint density at radius 3 is 2.06 bits per heavy atom. The molecule has 2 nitrogen and oxygen atoms in total. The number of hydrogen-bond acceptors (Lipinski definition) is 2. The molecule has 0 aromatic heterocycles. The third-order valence-electron chi connectivity index (χ3n) is 2.92. The topological polar surface area (TPSA) is 6.48 Å². The number of nitrogens with zero attached hydrogens (tertiary/aromatic N) is 2. The van der Waals surface area contributed by atoms with Crippen molar-refractivity contribution in [3.8, 4) is 0 Å². The van der Waals surface area contributed by atoms with E-state index in [1.54, 1.807) is 0 Å². The molecule has 1 aromatic rings. The van der Waals surface area contributed by atoms with E-state index in [4.69, 9.17) is 0 Å². The molecule has 1 heterocycles. The first kappa shape index (κ1) is 16.6. The third-order valence-corrected chi connectivity index (χ3v) is 2.92. The van der Waals surface area contributed by atoms with Crippen molar-refractivity contribution in [3.63, 3.8) is 0 Å². The van der Waals surface area contributed by atoms with Crippen LogP contribution in [0.25, 0.3) is 0 Å². The predicted octanol–water partition coefficient (Wildman–Crippen LogP) is 2.42. The first-order valence-electron chi connectivity index (χ1n) is 5.39. The molecule has 1 aliphatic heterocycles. The van der Waals surface area contributed by atoms with Crippen LogP contribution in [-0.2, 0) is 6.54 Å². The van der Waals surface area contributed by atoms with Crippen molar-refractivity contribution in [2.75, 3.05) is 33.2 Å². The molecule has 1 fully saturated rings. The molecule has 0 spiro atoms. The third kappa shape index (κ3) is 5.21. The Balaban J connectivity index is 0.00000128. The molecule has 98 valence electrons. The fourth-order valence-electron chi connectivity index (χ4n) is 1.85. The molecular formula is C12H19Cl2FN2. The van der Waals surface area contributed by atoms with Crippen LogP contribution in [0.4, 0.5) is 4.39 Å². The summed E-state index contributed by atoms with van der Waals surface area (Å²) in [5.41, 5.74) is 1.20. The molecule has 0 radical (unpaired) electrons. The predicted molar refractivity (Wildman–Crippen MR) is 73.7 cm³/mol. The zero-order valence-electron chi connectivity index (χ0n) is 9.93. The summed E-state index contributed by atoms with van der Waals surface area (Å²) in [6.45, 7) is 5.40. The normalized spacial score (nSPS) is 17.1. The molecular weight excluding hydrogens is 262 g/mol. The Hall–Kier alpha value is -0.350. The van der Waals surface area contributed by atoms with Crippen molar-refractivity contribution < 1.29 is 4.39 Å². The minimum Gasteiger partial charge on any atom is -0.304 e. The lowest BCUT2D eigenvalue weighted by atomic mass is 10.2. The Labute approximate surface area is 115 Å². The summed E-state index contributed by atoms with van der Waals surface area (Å²) < 4.78 is 12.7. The second kappa shape index (κ2) is 7.88. The molecule has 0 amide bonds. The van der Waals surface area contributed by atoms with Gasteiger partial charge in [0.15, 0.2) is 0 Å². The Bertz CT molecular complexity index is 311. The van der Waals surface area contributed by atoms with E-state index in [1.807, 2.05) is 12.1 Å². The van der Waals surface area contributed by atoms with Crippen LogP contribution in [-0.4, -0.2) is 43.0 Å². The first-order chi connectivity index (χ1) is 7.24. The molecule has 5 heteroatoms. The lowest BCUT2D eigenvalue weighted by Crippen LogP contribution is -2.43.